The van der Waals surface area contributed by atoms with Crippen LogP contribution in [0.25, 0.3) is 5.69 Å². The van der Waals surface area contributed by atoms with E-state index in [0.29, 0.717) is 11.4 Å². The average molecular weight is 330 g/mol. The molecule has 0 aliphatic rings. The second kappa shape index (κ2) is 6.80. The molecule has 0 fully saturated rings. The van der Waals surface area contributed by atoms with Gasteiger partial charge >= 0.3 is 0 Å². The number of rotatable bonds is 5. The molecule has 5 nitrogen and oxygen atoms in total. The predicted molar refractivity (Wildman–Crippen MR) is 87.2 cm³/mol. The molecule has 0 aliphatic carbocycles. The maximum atomic E-state index is 12.9. The van der Waals surface area contributed by atoms with Crippen molar-refractivity contribution in [2.45, 2.75) is 13.2 Å². The zero-order valence-electron chi connectivity index (χ0n) is 12.7. The van der Waals surface area contributed by atoms with Crippen LogP contribution in [0.4, 0.5) is 4.39 Å². The van der Waals surface area contributed by atoms with Gasteiger partial charge in [-0.05, 0) is 46.9 Å². The van der Waals surface area contributed by atoms with E-state index in [9.17, 15) is 4.39 Å². The fraction of sp³-hybridized carbons (Fsp3) is 0.188. The van der Waals surface area contributed by atoms with Crippen molar-refractivity contribution in [1.29, 1.82) is 0 Å². The molecular weight excluding hydrogens is 313 g/mol. The van der Waals surface area contributed by atoms with E-state index in [4.69, 9.17) is 12.2 Å². The van der Waals surface area contributed by atoms with E-state index in [-0.39, 0.29) is 5.82 Å². The Balaban J connectivity index is 1.72. The van der Waals surface area contributed by atoms with Crippen LogP contribution >= 0.6 is 12.2 Å². The van der Waals surface area contributed by atoms with Crippen LogP contribution in [-0.4, -0.2) is 26.8 Å². The number of halogens is 1. The highest BCUT2D eigenvalue weighted by atomic mass is 32.1. The standard InChI is InChI=1S/C16H16FN5S/c1-20(11-13-7-9-14(17)10-8-13)12-21-16(23)22(19-18-21)15-5-3-2-4-6-15/h2-10H,11-12H2,1H3/p+1. The summed E-state index contributed by atoms with van der Waals surface area (Å²) < 4.78 is 16.8. The van der Waals surface area contributed by atoms with E-state index in [0.717, 1.165) is 17.8 Å². The number of tetrazole rings is 1. The lowest BCUT2D eigenvalue weighted by Crippen LogP contribution is -3.07. The minimum Gasteiger partial charge on any atom is -0.315 e. The van der Waals surface area contributed by atoms with Gasteiger partial charge < -0.3 is 4.90 Å². The number of benzene rings is 2. The summed E-state index contributed by atoms with van der Waals surface area (Å²) in [5.41, 5.74) is 1.95. The van der Waals surface area contributed by atoms with E-state index in [1.165, 1.54) is 17.0 Å². The van der Waals surface area contributed by atoms with Crippen molar-refractivity contribution >= 4 is 12.2 Å². The molecule has 0 bridgehead atoms. The molecule has 1 heterocycles. The first-order valence-electron chi connectivity index (χ1n) is 7.27. The molecular formula is C16H17FN5S+. The molecule has 7 heteroatoms. The fourth-order valence-corrected chi connectivity index (χ4v) is 2.61. The summed E-state index contributed by atoms with van der Waals surface area (Å²) in [6.07, 6.45) is 0. The van der Waals surface area contributed by atoms with Crippen molar-refractivity contribution in [2.24, 2.45) is 0 Å². The lowest BCUT2D eigenvalue weighted by molar-refractivity contribution is -0.917. The molecule has 1 atom stereocenters. The monoisotopic (exact) mass is 330 g/mol. The number of quaternary nitrogens is 1. The number of para-hydroxylation sites is 1. The highest BCUT2D eigenvalue weighted by Gasteiger charge is 2.10. The zero-order valence-corrected chi connectivity index (χ0v) is 13.5. The van der Waals surface area contributed by atoms with Crippen LogP contribution in [0.3, 0.4) is 0 Å². The largest absolute Gasteiger partial charge is 0.315 e. The Hall–Kier alpha value is -2.38. The van der Waals surface area contributed by atoms with Gasteiger partial charge in [-0.2, -0.15) is 9.36 Å². The van der Waals surface area contributed by atoms with Crippen LogP contribution < -0.4 is 4.90 Å². The Kier molecular flexibility index (Phi) is 4.59. The molecule has 2 aromatic carbocycles. The molecule has 23 heavy (non-hydrogen) atoms. The van der Waals surface area contributed by atoms with E-state index in [1.54, 1.807) is 21.5 Å². The molecule has 0 radical (unpaired) electrons. The van der Waals surface area contributed by atoms with Crippen LogP contribution in [0.2, 0.25) is 0 Å². The van der Waals surface area contributed by atoms with Crippen LogP contribution in [-0.2, 0) is 13.2 Å². The first kappa shape index (κ1) is 15.5. The number of hydrogen-bond donors (Lipinski definition) is 1. The average Bonchev–Trinajstić information content (AvgIpc) is 2.91. The van der Waals surface area contributed by atoms with Crippen LogP contribution in [0.15, 0.2) is 54.6 Å². The van der Waals surface area contributed by atoms with E-state index in [1.807, 2.05) is 37.4 Å². The number of nitrogens with one attached hydrogen (secondary N) is 1. The third-order valence-electron chi connectivity index (χ3n) is 3.48. The van der Waals surface area contributed by atoms with Gasteiger partial charge in [-0.3, -0.25) is 0 Å². The summed E-state index contributed by atoms with van der Waals surface area (Å²) in [5.74, 6) is -0.223. The van der Waals surface area contributed by atoms with Gasteiger partial charge in [0.15, 0.2) is 6.67 Å². The first-order valence-corrected chi connectivity index (χ1v) is 7.68. The molecule has 1 aromatic heterocycles. The molecule has 118 valence electrons. The van der Waals surface area contributed by atoms with E-state index >= 15 is 0 Å². The maximum Gasteiger partial charge on any atom is 0.225 e. The Bertz CT molecular complexity index is 826. The van der Waals surface area contributed by atoms with Crippen molar-refractivity contribution < 1.29 is 9.29 Å². The Morgan fingerprint density at radius 1 is 1.04 bits per heavy atom. The minimum absolute atomic E-state index is 0.223. The number of aromatic nitrogens is 4. The zero-order chi connectivity index (χ0) is 16.2. The molecule has 0 saturated heterocycles. The fourth-order valence-electron chi connectivity index (χ4n) is 2.37. The summed E-state index contributed by atoms with van der Waals surface area (Å²) in [7, 11) is 2.03. The molecule has 0 aliphatic heterocycles. The number of hydrogen-bond acceptors (Lipinski definition) is 3. The molecule has 3 rings (SSSR count). The van der Waals surface area contributed by atoms with Gasteiger partial charge in [-0.15, -0.1) is 0 Å². The highest BCUT2D eigenvalue weighted by molar-refractivity contribution is 7.71. The van der Waals surface area contributed by atoms with Gasteiger partial charge in [-0.25, -0.2) is 4.39 Å². The second-order valence-corrected chi connectivity index (χ2v) is 5.79. The molecule has 0 saturated carbocycles. The lowest BCUT2D eigenvalue weighted by Gasteiger charge is -2.13. The maximum absolute atomic E-state index is 12.9. The quantitative estimate of drug-likeness (QED) is 0.723. The molecule has 3 aromatic rings. The minimum atomic E-state index is -0.223. The smallest absolute Gasteiger partial charge is 0.225 e. The van der Waals surface area contributed by atoms with Gasteiger partial charge in [0, 0.05) is 5.56 Å². The van der Waals surface area contributed by atoms with Crippen LogP contribution in [0, 0.1) is 10.6 Å². The van der Waals surface area contributed by atoms with Crippen molar-refractivity contribution in [3.63, 3.8) is 0 Å². The van der Waals surface area contributed by atoms with Crippen LogP contribution in [0.1, 0.15) is 5.56 Å². The first-order chi connectivity index (χ1) is 11.1. The van der Waals surface area contributed by atoms with Gasteiger partial charge in [0.25, 0.3) is 0 Å². The number of nitrogens with zero attached hydrogens (tertiary/aromatic N) is 4. The van der Waals surface area contributed by atoms with Gasteiger partial charge in [0.2, 0.25) is 4.77 Å². The molecule has 1 N–H and O–H groups in total. The van der Waals surface area contributed by atoms with Gasteiger partial charge in [-0.1, -0.05) is 30.3 Å². The molecule has 0 spiro atoms. The summed E-state index contributed by atoms with van der Waals surface area (Å²) >= 11 is 5.45. The van der Waals surface area contributed by atoms with Gasteiger partial charge in [0.05, 0.1) is 12.7 Å². The predicted octanol–water partition coefficient (Wildman–Crippen LogP) is 1.61. The summed E-state index contributed by atoms with van der Waals surface area (Å²) in [4.78, 5) is 1.17. The normalized spacial score (nSPS) is 12.3. The van der Waals surface area contributed by atoms with Crippen molar-refractivity contribution in [2.75, 3.05) is 7.05 Å². The van der Waals surface area contributed by atoms with E-state index in [2.05, 4.69) is 10.4 Å². The Morgan fingerprint density at radius 3 is 2.43 bits per heavy atom. The van der Waals surface area contributed by atoms with Crippen molar-refractivity contribution in [1.82, 2.24) is 19.8 Å². The van der Waals surface area contributed by atoms with Crippen molar-refractivity contribution in [3.05, 3.63) is 70.7 Å². The molecule has 0 amide bonds. The van der Waals surface area contributed by atoms with E-state index < -0.39 is 0 Å². The lowest BCUT2D eigenvalue weighted by atomic mass is 10.2. The Morgan fingerprint density at radius 2 is 1.74 bits per heavy atom. The highest BCUT2D eigenvalue weighted by Crippen LogP contribution is 2.05. The SMILES string of the molecule is C[NH+](Cc1ccc(F)cc1)Cn1nnn(-c2ccccc2)c1=S. The van der Waals surface area contributed by atoms with Gasteiger partial charge in [0.1, 0.15) is 12.4 Å². The Labute approximate surface area is 138 Å². The topological polar surface area (TPSA) is 40.1 Å². The second-order valence-electron chi connectivity index (χ2n) is 5.43. The third-order valence-corrected chi connectivity index (χ3v) is 3.86. The summed E-state index contributed by atoms with van der Waals surface area (Å²) in [6.45, 7) is 1.34. The summed E-state index contributed by atoms with van der Waals surface area (Å²) in [6, 6.07) is 16.2. The third kappa shape index (κ3) is 3.69. The van der Waals surface area contributed by atoms with Crippen LogP contribution in [0.5, 0.6) is 0 Å². The summed E-state index contributed by atoms with van der Waals surface area (Å²) in [5, 5.41) is 8.25. The van der Waals surface area contributed by atoms with Crippen molar-refractivity contribution in [3.8, 4) is 5.69 Å². The molecule has 1 unspecified atom stereocenters.